The van der Waals surface area contributed by atoms with E-state index in [1.54, 1.807) is 0 Å². The molecule has 0 amide bonds. The van der Waals surface area contributed by atoms with Crippen molar-refractivity contribution >= 4 is 56.5 Å². The third-order valence-electron chi connectivity index (χ3n) is 11.3. The van der Waals surface area contributed by atoms with Crippen molar-refractivity contribution < 1.29 is 0 Å². The number of hydrogen-bond donors (Lipinski definition) is 0. The summed E-state index contributed by atoms with van der Waals surface area (Å²) in [4.78, 5) is 5.27. The molecule has 3 aliphatic carbocycles. The normalized spacial score (nSPS) is 23.7. The summed E-state index contributed by atoms with van der Waals surface area (Å²) in [6, 6.07) is 32.2. The molecule has 3 nitrogen and oxygen atoms in total. The van der Waals surface area contributed by atoms with Gasteiger partial charge >= 0.3 is 0 Å². The van der Waals surface area contributed by atoms with Crippen molar-refractivity contribution in [1.82, 2.24) is 4.57 Å². The molecule has 5 aromatic rings. The Bertz CT molecular complexity index is 2320. The highest BCUT2D eigenvalue weighted by atomic mass is 15.2. The van der Waals surface area contributed by atoms with Gasteiger partial charge in [-0.3, -0.25) is 0 Å². The number of hydrogen-bond acceptors (Lipinski definition) is 2. The van der Waals surface area contributed by atoms with E-state index in [-0.39, 0.29) is 12.8 Å². The van der Waals surface area contributed by atoms with E-state index < -0.39 is 0 Å². The van der Waals surface area contributed by atoms with Gasteiger partial charge in [0, 0.05) is 50.8 Å². The van der Waals surface area contributed by atoms with Gasteiger partial charge in [-0.25, -0.2) is 0 Å². The van der Waals surface area contributed by atoms with Gasteiger partial charge in [0.2, 0.25) is 6.71 Å². The Labute approximate surface area is 283 Å². The second-order valence-electron chi connectivity index (χ2n) is 14.2. The number of fused-ring (bicyclic) bond motifs is 7. The van der Waals surface area contributed by atoms with Crippen LogP contribution in [0.1, 0.15) is 26.7 Å². The summed E-state index contributed by atoms with van der Waals surface area (Å²) in [6.45, 7) is 4.92. The molecule has 4 unspecified atom stereocenters. The second kappa shape index (κ2) is 10.7. The standard InChI is InChI=1S/C44H38BN3/c1-29-23-25-32(26-24-29)47-39-20-11-8-17-35(39)45-36-27-34-33-16-7-10-19-38(33)46(31-14-4-3-5-15-31)42(34)28-43(36)48(37-18-9-6-13-30(37)2)41-22-12-21-40(47)44(41)45/h3-12,14-23,25-30,35,39H,13,24H2,1-2H3. The Hall–Kier alpha value is -5.22. The summed E-state index contributed by atoms with van der Waals surface area (Å²) in [5.41, 5.74) is 13.2. The van der Waals surface area contributed by atoms with Crippen LogP contribution in [0.3, 0.4) is 0 Å². The molecule has 0 saturated heterocycles. The van der Waals surface area contributed by atoms with Crippen LogP contribution in [0.4, 0.5) is 17.1 Å². The Balaban J connectivity index is 1.30. The van der Waals surface area contributed by atoms with Crippen LogP contribution < -0.4 is 20.7 Å². The van der Waals surface area contributed by atoms with Gasteiger partial charge in [0.1, 0.15) is 0 Å². The Morgan fingerprint density at radius 3 is 2.40 bits per heavy atom. The molecule has 0 saturated carbocycles. The highest BCUT2D eigenvalue weighted by molar-refractivity contribution is 6.91. The van der Waals surface area contributed by atoms with E-state index in [1.165, 1.54) is 66.9 Å². The van der Waals surface area contributed by atoms with Crippen molar-refractivity contribution in [1.29, 1.82) is 0 Å². The molecular formula is C44H38BN3. The summed E-state index contributed by atoms with van der Waals surface area (Å²) < 4.78 is 2.46. The highest BCUT2D eigenvalue weighted by Crippen LogP contribution is 2.48. The first-order chi connectivity index (χ1) is 23.7. The number of allylic oxidation sites excluding steroid dienone is 9. The van der Waals surface area contributed by atoms with E-state index in [4.69, 9.17) is 0 Å². The van der Waals surface area contributed by atoms with Gasteiger partial charge in [-0.05, 0) is 84.1 Å². The van der Waals surface area contributed by atoms with Crippen molar-refractivity contribution in [2.45, 2.75) is 38.5 Å². The number of anilines is 3. The predicted molar refractivity (Wildman–Crippen MR) is 205 cm³/mol. The zero-order valence-corrected chi connectivity index (χ0v) is 27.5. The molecule has 10 rings (SSSR count). The van der Waals surface area contributed by atoms with E-state index in [1.807, 2.05) is 0 Å². The third-order valence-corrected chi connectivity index (χ3v) is 11.3. The molecule has 1 aromatic heterocycles. The van der Waals surface area contributed by atoms with Gasteiger partial charge in [0.15, 0.2) is 0 Å². The van der Waals surface area contributed by atoms with Crippen LogP contribution in [0.25, 0.3) is 27.5 Å². The quantitative estimate of drug-likeness (QED) is 0.187. The van der Waals surface area contributed by atoms with Crippen molar-refractivity contribution in [2.24, 2.45) is 11.8 Å². The van der Waals surface area contributed by atoms with Crippen LogP contribution in [0, 0.1) is 11.8 Å². The number of para-hydroxylation sites is 2. The van der Waals surface area contributed by atoms with Crippen molar-refractivity contribution in [3.05, 3.63) is 157 Å². The van der Waals surface area contributed by atoms with E-state index >= 15 is 0 Å². The van der Waals surface area contributed by atoms with E-state index in [9.17, 15) is 0 Å². The van der Waals surface area contributed by atoms with Crippen LogP contribution in [0.15, 0.2) is 157 Å². The Morgan fingerprint density at radius 2 is 1.54 bits per heavy atom. The molecule has 2 aliphatic heterocycles. The summed E-state index contributed by atoms with van der Waals surface area (Å²) in [7, 11) is 0. The summed E-state index contributed by atoms with van der Waals surface area (Å²) in [5.74, 6) is 1.28. The predicted octanol–water partition coefficient (Wildman–Crippen LogP) is 9.49. The molecule has 0 bridgehead atoms. The van der Waals surface area contributed by atoms with Gasteiger partial charge < -0.3 is 14.4 Å². The van der Waals surface area contributed by atoms with Crippen LogP contribution in [0.5, 0.6) is 0 Å². The van der Waals surface area contributed by atoms with Gasteiger partial charge in [-0.1, -0.05) is 111 Å². The summed E-state index contributed by atoms with van der Waals surface area (Å²) in [5, 5.41) is 2.62. The number of benzene rings is 4. The largest absolute Gasteiger partial charge is 0.335 e. The molecule has 0 spiro atoms. The zero-order valence-electron chi connectivity index (χ0n) is 27.5. The number of aromatic nitrogens is 1. The molecule has 4 atom stereocenters. The molecule has 48 heavy (non-hydrogen) atoms. The average molecular weight is 620 g/mol. The number of nitrogens with zero attached hydrogens (tertiary/aromatic N) is 3. The van der Waals surface area contributed by atoms with Crippen molar-refractivity contribution in [3.63, 3.8) is 0 Å². The van der Waals surface area contributed by atoms with Gasteiger partial charge in [-0.15, -0.1) is 0 Å². The van der Waals surface area contributed by atoms with E-state index in [0.717, 1.165) is 12.8 Å². The van der Waals surface area contributed by atoms with Gasteiger partial charge in [0.25, 0.3) is 0 Å². The molecule has 0 N–H and O–H groups in total. The SMILES string of the molecule is CC1C=CC(N2c3cccc4c3B(c3cc5c6ccccc6n(-c6ccccc6)c5cc3N4C3=CC=CCC3C)C3C=CC=CC32)=CC1. The minimum absolute atomic E-state index is 0.232. The Kier molecular flexibility index (Phi) is 6.18. The Morgan fingerprint density at radius 1 is 0.708 bits per heavy atom. The third kappa shape index (κ3) is 3.95. The second-order valence-corrected chi connectivity index (χ2v) is 14.2. The maximum absolute atomic E-state index is 2.64. The molecule has 4 heteroatoms. The molecule has 232 valence electrons. The maximum atomic E-state index is 2.64. The molecule has 0 radical (unpaired) electrons. The van der Waals surface area contributed by atoms with E-state index in [0.29, 0.717) is 17.7 Å². The molecule has 3 heterocycles. The van der Waals surface area contributed by atoms with Crippen LogP contribution in [-0.2, 0) is 0 Å². The first-order valence-electron chi connectivity index (χ1n) is 17.6. The van der Waals surface area contributed by atoms with Crippen molar-refractivity contribution in [2.75, 3.05) is 9.80 Å². The van der Waals surface area contributed by atoms with Crippen LogP contribution in [0.2, 0.25) is 5.82 Å². The smallest absolute Gasteiger partial charge is 0.226 e. The summed E-state index contributed by atoms with van der Waals surface area (Å²) >= 11 is 0. The minimum Gasteiger partial charge on any atom is -0.335 e. The lowest BCUT2D eigenvalue weighted by Gasteiger charge is -2.51. The first-order valence-corrected chi connectivity index (χ1v) is 17.6. The molecule has 5 aliphatic rings. The minimum atomic E-state index is 0.232. The molecule has 4 aromatic carbocycles. The maximum Gasteiger partial charge on any atom is 0.226 e. The zero-order chi connectivity index (χ0) is 31.9. The van der Waals surface area contributed by atoms with Crippen LogP contribution >= 0.6 is 0 Å². The molecule has 0 fully saturated rings. The molecular weight excluding hydrogens is 581 g/mol. The number of rotatable bonds is 3. The highest BCUT2D eigenvalue weighted by Gasteiger charge is 2.49. The van der Waals surface area contributed by atoms with Gasteiger partial charge in [0.05, 0.1) is 17.1 Å². The lowest BCUT2D eigenvalue weighted by Crippen LogP contribution is -2.62. The lowest BCUT2D eigenvalue weighted by molar-refractivity contribution is 0.669. The van der Waals surface area contributed by atoms with E-state index in [2.05, 4.69) is 174 Å². The average Bonchev–Trinajstić information content (AvgIpc) is 3.45. The topological polar surface area (TPSA) is 11.4 Å². The monoisotopic (exact) mass is 619 g/mol. The fourth-order valence-corrected chi connectivity index (χ4v) is 9.12. The fourth-order valence-electron chi connectivity index (χ4n) is 9.12. The fraction of sp³-hybridized carbons (Fsp3) is 0.182. The first kappa shape index (κ1) is 27.9. The van der Waals surface area contributed by atoms with Gasteiger partial charge in [-0.2, -0.15) is 0 Å². The summed E-state index contributed by atoms with van der Waals surface area (Å²) in [6.07, 6.45) is 25.7. The van der Waals surface area contributed by atoms with Crippen molar-refractivity contribution in [3.8, 4) is 5.69 Å². The lowest BCUT2D eigenvalue weighted by atomic mass is 9.29. The van der Waals surface area contributed by atoms with Crippen LogP contribution in [-0.4, -0.2) is 17.3 Å².